The minimum Gasteiger partial charge on any atom is -0.307 e. The van der Waals surface area contributed by atoms with Gasteiger partial charge in [0.1, 0.15) is 5.82 Å². The van der Waals surface area contributed by atoms with Gasteiger partial charge in [0.15, 0.2) is 0 Å². The molecule has 0 saturated carbocycles. The second kappa shape index (κ2) is 6.56. The van der Waals surface area contributed by atoms with Crippen LogP contribution in [-0.2, 0) is 19.5 Å². The van der Waals surface area contributed by atoms with Crippen LogP contribution >= 0.6 is 11.6 Å². The van der Waals surface area contributed by atoms with E-state index in [0.29, 0.717) is 6.04 Å². The van der Waals surface area contributed by atoms with Crippen molar-refractivity contribution in [3.05, 3.63) is 58.1 Å². The molecule has 0 spiro atoms. The fraction of sp³-hybridized carbons (Fsp3) is 0.444. The normalized spacial score (nSPS) is 21.3. The Hall–Kier alpha value is -1.49. The first-order chi connectivity index (χ1) is 11.3. The first-order valence-corrected chi connectivity index (χ1v) is 8.70. The fourth-order valence-electron chi connectivity index (χ4n) is 3.49. The zero-order valence-electron chi connectivity index (χ0n) is 13.1. The van der Waals surface area contributed by atoms with E-state index in [9.17, 15) is 0 Å². The highest BCUT2D eigenvalue weighted by Crippen LogP contribution is 2.24. The molecule has 0 radical (unpaired) electrons. The lowest BCUT2D eigenvalue weighted by molar-refractivity contribution is 0.242. The Kier molecular flexibility index (Phi) is 4.29. The van der Waals surface area contributed by atoms with Crippen molar-refractivity contribution in [3.63, 3.8) is 0 Å². The highest BCUT2D eigenvalue weighted by molar-refractivity contribution is 6.30. The molecule has 0 amide bonds. The molecule has 3 heterocycles. The Morgan fingerprint density at radius 3 is 3.13 bits per heavy atom. The molecule has 1 aromatic carbocycles. The van der Waals surface area contributed by atoms with Gasteiger partial charge >= 0.3 is 0 Å². The molecule has 5 heteroatoms. The molecule has 0 bridgehead atoms. The lowest BCUT2D eigenvalue weighted by Gasteiger charge is -2.28. The van der Waals surface area contributed by atoms with Gasteiger partial charge in [0.05, 0.1) is 6.04 Å². The highest BCUT2D eigenvalue weighted by atomic mass is 35.5. The molecule has 1 atom stereocenters. The molecule has 1 aromatic heterocycles. The highest BCUT2D eigenvalue weighted by Gasteiger charge is 2.23. The zero-order chi connectivity index (χ0) is 15.6. The van der Waals surface area contributed by atoms with E-state index in [0.717, 1.165) is 49.9 Å². The van der Waals surface area contributed by atoms with Crippen molar-refractivity contribution in [1.82, 2.24) is 20.2 Å². The Morgan fingerprint density at radius 1 is 1.35 bits per heavy atom. The molecule has 1 unspecified atom stereocenters. The average molecular weight is 329 g/mol. The summed E-state index contributed by atoms with van der Waals surface area (Å²) >= 11 is 6.08. The number of nitrogens with zero attached hydrogens (tertiary/aromatic N) is 3. The Labute approximate surface area is 141 Å². The topological polar surface area (TPSA) is 41.1 Å². The van der Waals surface area contributed by atoms with Gasteiger partial charge in [0, 0.05) is 48.5 Å². The number of halogens is 1. The summed E-state index contributed by atoms with van der Waals surface area (Å²) < 4.78 is 0. The van der Waals surface area contributed by atoms with Crippen molar-refractivity contribution >= 4 is 11.6 Å². The summed E-state index contributed by atoms with van der Waals surface area (Å²) in [6.45, 7) is 3.96. The second-order valence-corrected chi connectivity index (χ2v) is 6.88. The van der Waals surface area contributed by atoms with Crippen LogP contribution in [0.3, 0.4) is 0 Å². The third kappa shape index (κ3) is 3.39. The first kappa shape index (κ1) is 15.1. The monoisotopic (exact) mass is 328 g/mol. The van der Waals surface area contributed by atoms with Crippen molar-refractivity contribution in [1.29, 1.82) is 0 Å². The van der Waals surface area contributed by atoms with Gasteiger partial charge in [-0.05, 0) is 37.1 Å². The summed E-state index contributed by atoms with van der Waals surface area (Å²) in [6, 6.07) is 8.46. The van der Waals surface area contributed by atoms with Gasteiger partial charge in [-0.25, -0.2) is 9.97 Å². The van der Waals surface area contributed by atoms with Crippen molar-refractivity contribution in [3.8, 4) is 0 Å². The van der Waals surface area contributed by atoms with E-state index in [-0.39, 0.29) is 0 Å². The lowest BCUT2D eigenvalue weighted by atomic mass is 10.1. The van der Waals surface area contributed by atoms with Crippen LogP contribution in [0.15, 0.2) is 30.5 Å². The molecule has 2 aromatic rings. The predicted molar refractivity (Wildman–Crippen MR) is 91.3 cm³/mol. The number of hydrogen-bond donors (Lipinski definition) is 1. The van der Waals surface area contributed by atoms with Gasteiger partial charge in [-0.15, -0.1) is 0 Å². The molecule has 1 saturated heterocycles. The van der Waals surface area contributed by atoms with E-state index in [4.69, 9.17) is 16.6 Å². The van der Waals surface area contributed by atoms with Crippen LogP contribution in [0.5, 0.6) is 0 Å². The Balaban J connectivity index is 1.47. The van der Waals surface area contributed by atoms with Crippen LogP contribution < -0.4 is 5.32 Å². The van der Waals surface area contributed by atoms with Crippen molar-refractivity contribution in [2.75, 3.05) is 13.1 Å². The number of hydrogen-bond acceptors (Lipinski definition) is 4. The fourth-order valence-corrected chi connectivity index (χ4v) is 3.70. The third-order valence-electron chi connectivity index (χ3n) is 4.70. The maximum absolute atomic E-state index is 6.08. The van der Waals surface area contributed by atoms with Crippen LogP contribution in [-0.4, -0.2) is 28.0 Å². The maximum atomic E-state index is 6.08. The van der Waals surface area contributed by atoms with Gasteiger partial charge in [-0.2, -0.15) is 0 Å². The summed E-state index contributed by atoms with van der Waals surface area (Å²) in [5.41, 5.74) is 3.75. The quantitative estimate of drug-likeness (QED) is 0.940. The summed E-state index contributed by atoms with van der Waals surface area (Å²) in [5, 5.41) is 4.28. The minimum absolute atomic E-state index is 0.352. The van der Waals surface area contributed by atoms with Gasteiger partial charge in [0.2, 0.25) is 0 Å². The van der Waals surface area contributed by atoms with Gasteiger partial charge in [0.25, 0.3) is 0 Å². The number of rotatable bonds is 3. The van der Waals surface area contributed by atoms with E-state index >= 15 is 0 Å². The number of benzene rings is 1. The van der Waals surface area contributed by atoms with E-state index in [1.807, 2.05) is 24.4 Å². The number of fused-ring (bicyclic) bond motifs is 1. The molecule has 120 valence electrons. The van der Waals surface area contributed by atoms with Crippen molar-refractivity contribution < 1.29 is 0 Å². The summed E-state index contributed by atoms with van der Waals surface area (Å²) in [5.74, 6) is 0.976. The zero-order valence-corrected chi connectivity index (χ0v) is 13.9. The van der Waals surface area contributed by atoms with Gasteiger partial charge < -0.3 is 5.32 Å². The van der Waals surface area contributed by atoms with Crippen LogP contribution in [0, 0.1) is 0 Å². The molecule has 2 aliphatic rings. The number of aromatic nitrogens is 2. The van der Waals surface area contributed by atoms with E-state index < -0.39 is 0 Å². The summed E-state index contributed by atoms with van der Waals surface area (Å²) in [6.07, 6.45) is 5.40. The van der Waals surface area contributed by atoms with E-state index in [2.05, 4.69) is 21.3 Å². The largest absolute Gasteiger partial charge is 0.307 e. The minimum atomic E-state index is 0.352. The number of nitrogens with one attached hydrogen (secondary N) is 1. The molecule has 2 aliphatic heterocycles. The third-order valence-corrected chi connectivity index (χ3v) is 4.93. The standard InChI is InChI=1S/C18H21ClN4/c19-15-4-1-3-13(9-15)11-23-8-6-16-14(12-23)10-21-18(22-16)17-5-2-7-20-17/h1,3-4,9-10,17,20H,2,5-8,11-12H2. The maximum Gasteiger partial charge on any atom is 0.145 e. The van der Waals surface area contributed by atoms with Crippen molar-refractivity contribution in [2.24, 2.45) is 0 Å². The Morgan fingerprint density at radius 2 is 2.30 bits per heavy atom. The van der Waals surface area contributed by atoms with Crippen LogP contribution in [0.1, 0.15) is 41.5 Å². The van der Waals surface area contributed by atoms with E-state index in [1.54, 1.807) is 0 Å². The van der Waals surface area contributed by atoms with E-state index in [1.165, 1.54) is 23.2 Å². The smallest absolute Gasteiger partial charge is 0.145 e. The van der Waals surface area contributed by atoms with Crippen LogP contribution in [0.2, 0.25) is 5.02 Å². The molecule has 4 rings (SSSR count). The van der Waals surface area contributed by atoms with Crippen molar-refractivity contribution in [2.45, 2.75) is 38.4 Å². The SMILES string of the molecule is Clc1cccc(CN2CCc3nc(C4CCCN4)ncc3C2)c1. The molecular formula is C18H21ClN4. The predicted octanol–water partition coefficient (Wildman–Crippen LogP) is 3.11. The van der Waals surface area contributed by atoms with Crippen LogP contribution in [0.4, 0.5) is 0 Å². The Bertz CT molecular complexity index is 697. The average Bonchev–Trinajstić information content (AvgIpc) is 3.09. The molecule has 4 nitrogen and oxygen atoms in total. The molecular weight excluding hydrogens is 308 g/mol. The first-order valence-electron chi connectivity index (χ1n) is 8.33. The second-order valence-electron chi connectivity index (χ2n) is 6.44. The molecule has 23 heavy (non-hydrogen) atoms. The lowest BCUT2D eigenvalue weighted by Crippen LogP contribution is -2.31. The molecule has 1 fully saturated rings. The summed E-state index contributed by atoms with van der Waals surface area (Å²) in [4.78, 5) is 11.9. The summed E-state index contributed by atoms with van der Waals surface area (Å²) in [7, 11) is 0. The van der Waals surface area contributed by atoms with Gasteiger partial charge in [-0.1, -0.05) is 23.7 Å². The molecule has 0 aliphatic carbocycles. The van der Waals surface area contributed by atoms with Gasteiger partial charge in [-0.3, -0.25) is 4.90 Å². The van der Waals surface area contributed by atoms with Crippen LogP contribution in [0.25, 0.3) is 0 Å². The molecule has 1 N–H and O–H groups in total.